The maximum absolute atomic E-state index is 12.0. The Morgan fingerprint density at radius 3 is 2.76 bits per heavy atom. The highest BCUT2D eigenvalue weighted by Crippen LogP contribution is 2.16. The van der Waals surface area contributed by atoms with Gasteiger partial charge in [0.25, 0.3) is 0 Å². The van der Waals surface area contributed by atoms with Gasteiger partial charge in [0, 0.05) is 18.6 Å². The molecule has 5 heteroatoms. The molecule has 1 heterocycles. The number of benzene rings is 1. The Balaban J connectivity index is 1.79. The number of carbonyl (C=O) groups is 1. The predicted octanol–water partition coefficient (Wildman–Crippen LogP) is 1.31. The number of amides is 2. The fourth-order valence-electron chi connectivity index (χ4n) is 2.56. The molecule has 0 radical (unpaired) electrons. The molecule has 1 aromatic carbocycles. The molecule has 1 fully saturated rings. The number of hydrogen-bond acceptors (Lipinski definition) is 3. The lowest BCUT2D eigenvalue weighted by atomic mass is 10.0. The Kier molecular flexibility index (Phi) is 6.02. The fourth-order valence-corrected chi connectivity index (χ4v) is 2.56. The normalized spacial score (nSPS) is 20.8. The van der Waals surface area contributed by atoms with E-state index >= 15 is 0 Å². The molecule has 2 rings (SSSR count). The van der Waals surface area contributed by atoms with Gasteiger partial charge in [0.2, 0.25) is 0 Å². The van der Waals surface area contributed by atoms with Crippen molar-refractivity contribution in [3.05, 3.63) is 35.9 Å². The number of aliphatic hydroxyl groups is 1. The van der Waals surface area contributed by atoms with Crippen molar-refractivity contribution >= 4 is 6.03 Å². The van der Waals surface area contributed by atoms with Gasteiger partial charge in [0.15, 0.2) is 0 Å². The van der Waals surface area contributed by atoms with E-state index in [2.05, 4.69) is 10.6 Å². The Morgan fingerprint density at radius 2 is 2.14 bits per heavy atom. The van der Waals surface area contributed by atoms with Crippen molar-refractivity contribution in [2.24, 2.45) is 5.92 Å². The summed E-state index contributed by atoms with van der Waals surface area (Å²) in [4.78, 5) is 12.0. The molecular formula is C16H24N2O3. The van der Waals surface area contributed by atoms with E-state index in [4.69, 9.17) is 4.74 Å². The first-order chi connectivity index (χ1) is 10.2. The summed E-state index contributed by atoms with van der Waals surface area (Å²) in [6.45, 7) is 3.38. The van der Waals surface area contributed by atoms with Crippen LogP contribution in [0.15, 0.2) is 30.3 Å². The molecule has 0 aliphatic carbocycles. The van der Waals surface area contributed by atoms with Crippen LogP contribution >= 0.6 is 0 Å². The zero-order valence-corrected chi connectivity index (χ0v) is 12.4. The lowest BCUT2D eigenvalue weighted by Gasteiger charge is -2.22. The monoisotopic (exact) mass is 292 g/mol. The highest BCUT2D eigenvalue weighted by atomic mass is 16.5. The van der Waals surface area contributed by atoms with Crippen LogP contribution in [0.25, 0.3) is 0 Å². The summed E-state index contributed by atoms with van der Waals surface area (Å²) in [6, 6.07) is 9.38. The van der Waals surface area contributed by atoms with E-state index in [-0.39, 0.29) is 24.7 Å². The molecule has 3 N–H and O–H groups in total. The maximum Gasteiger partial charge on any atom is 0.315 e. The number of aliphatic hydroxyl groups excluding tert-OH is 1. The number of hydrogen-bond donors (Lipinski definition) is 3. The van der Waals surface area contributed by atoms with Crippen LogP contribution in [0, 0.1) is 5.92 Å². The second-order valence-corrected chi connectivity index (χ2v) is 5.60. The topological polar surface area (TPSA) is 70.6 Å². The van der Waals surface area contributed by atoms with Crippen LogP contribution in [0.2, 0.25) is 0 Å². The third-order valence-electron chi connectivity index (χ3n) is 3.91. The first-order valence-electron chi connectivity index (χ1n) is 7.48. The molecule has 0 saturated carbocycles. The van der Waals surface area contributed by atoms with E-state index in [1.807, 2.05) is 37.3 Å². The molecule has 2 amide bonds. The number of urea groups is 1. The molecule has 0 spiro atoms. The molecule has 0 unspecified atom stereocenters. The van der Waals surface area contributed by atoms with Gasteiger partial charge < -0.3 is 20.5 Å². The average molecular weight is 292 g/mol. The smallest absolute Gasteiger partial charge is 0.315 e. The van der Waals surface area contributed by atoms with Gasteiger partial charge in [-0.2, -0.15) is 0 Å². The van der Waals surface area contributed by atoms with E-state index < -0.39 is 0 Å². The molecule has 0 aromatic heterocycles. The molecule has 1 aliphatic heterocycles. The van der Waals surface area contributed by atoms with E-state index in [0.717, 1.165) is 18.6 Å². The molecule has 116 valence electrons. The van der Waals surface area contributed by atoms with Gasteiger partial charge in [-0.25, -0.2) is 4.79 Å². The minimum Gasteiger partial charge on any atom is -0.394 e. The molecule has 5 nitrogen and oxygen atoms in total. The summed E-state index contributed by atoms with van der Waals surface area (Å²) in [6.07, 6.45) is 1.60. The quantitative estimate of drug-likeness (QED) is 0.740. The van der Waals surface area contributed by atoms with Crippen molar-refractivity contribution in [3.63, 3.8) is 0 Å². The first kappa shape index (κ1) is 15.8. The second kappa shape index (κ2) is 8.00. The van der Waals surface area contributed by atoms with Crippen LogP contribution < -0.4 is 10.6 Å². The highest BCUT2D eigenvalue weighted by molar-refractivity contribution is 5.74. The Bertz CT molecular complexity index is 432. The van der Waals surface area contributed by atoms with Crippen LogP contribution in [0.1, 0.15) is 18.9 Å². The minimum absolute atomic E-state index is 0.0727. The molecule has 0 bridgehead atoms. The van der Waals surface area contributed by atoms with Crippen LogP contribution in [-0.2, 0) is 11.2 Å². The van der Waals surface area contributed by atoms with Gasteiger partial charge in [-0.05, 0) is 25.3 Å². The zero-order chi connectivity index (χ0) is 15.1. The molecule has 1 aliphatic rings. The van der Waals surface area contributed by atoms with E-state index in [9.17, 15) is 9.90 Å². The van der Waals surface area contributed by atoms with Crippen molar-refractivity contribution in [1.82, 2.24) is 10.6 Å². The lowest BCUT2D eigenvalue weighted by molar-refractivity contribution is 0.176. The Morgan fingerprint density at radius 1 is 1.38 bits per heavy atom. The number of ether oxygens (including phenoxy) is 1. The van der Waals surface area contributed by atoms with Gasteiger partial charge in [-0.1, -0.05) is 30.3 Å². The average Bonchev–Trinajstić information content (AvgIpc) is 3.02. The minimum atomic E-state index is -0.278. The van der Waals surface area contributed by atoms with Gasteiger partial charge in [0.05, 0.1) is 19.3 Å². The molecule has 21 heavy (non-hydrogen) atoms. The van der Waals surface area contributed by atoms with Crippen molar-refractivity contribution in [2.45, 2.75) is 31.8 Å². The van der Waals surface area contributed by atoms with Crippen molar-refractivity contribution in [3.8, 4) is 0 Å². The standard InChI is InChI=1S/C16H24N2O3/c1-12(14-7-8-21-11-14)17-16(20)18-15(10-19)9-13-5-3-2-4-6-13/h2-6,12,14-15,19H,7-11H2,1H3,(H2,17,18,20)/t12-,14+,15+/m1/s1. The predicted molar refractivity (Wildman–Crippen MR) is 81.1 cm³/mol. The van der Waals surface area contributed by atoms with Gasteiger partial charge in [0.1, 0.15) is 0 Å². The number of rotatable bonds is 6. The Labute approximate surface area is 125 Å². The second-order valence-electron chi connectivity index (χ2n) is 5.60. The molecule has 3 atom stereocenters. The first-order valence-corrected chi connectivity index (χ1v) is 7.48. The fraction of sp³-hybridized carbons (Fsp3) is 0.562. The van der Waals surface area contributed by atoms with Gasteiger partial charge >= 0.3 is 6.03 Å². The van der Waals surface area contributed by atoms with Crippen molar-refractivity contribution < 1.29 is 14.6 Å². The summed E-state index contributed by atoms with van der Waals surface area (Å²) >= 11 is 0. The van der Waals surface area contributed by atoms with Crippen molar-refractivity contribution in [2.75, 3.05) is 19.8 Å². The van der Waals surface area contributed by atoms with E-state index in [1.165, 1.54) is 0 Å². The van der Waals surface area contributed by atoms with Crippen LogP contribution in [0.5, 0.6) is 0 Å². The molecular weight excluding hydrogens is 268 g/mol. The highest BCUT2D eigenvalue weighted by Gasteiger charge is 2.24. The maximum atomic E-state index is 12.0. The third-order valence-corrected chi connectivity index (χ3v) is 3.91. The molecule has 1 aromatic rings. The lowest BCUT2D eigenvalue weighted by Crippen LogP contribution is -2.49. The largest absolute Gasteiger partial charge is 0.394 e. The summed E-state index contributed by atoms with van der Waals surface area (Å²) in [5, 5.41) is 15.2. The summed E-state index contributed by atoms with van der Waals surface area (Å²) in [7, 11) is 0. The van der Waals surface area contributed by atoms with Gasteiger partial charge in [-0.3, -0.25) is 0 Å². The van der Waals surface area contributed by atoms with Crippen LogP contribution in [0.4, 0.5) is 4.79 Å². The van der Waals surface area contributed by atoms with Crippen molar-refractivity contribution in [1.29, 1.82) is 0 Å². The van der Waals surface area contributed by atoms with Crippen LogP contribution in [-0.4, -0.2) is 43.0 Å². The van der Waals surface area contributed by atoms with Crippen LogP contribution in [0.3, 0.4) is 0 Å². The van der Waals surface area contributed by atoms with E-state index in [1.54, 1.807) is 0 Å². The summed E-state index contributed by atoms with van der Waals surface area (Å²) in [5.41, 5.74) is 1.09. The summed E-state index contributed by atoms with van der Waals surface area (Å²) in [5.74, 6) is 0.373. The SMILES string of the molecule is C[C@@H](NC(=O)N[C@H](CO)Cc1ccccc1)[C@H]1CCOC1. The number of nitrogens with one attached hydrogen (secondary N) is 2. The third kappa shape index (κ3) is 5.02. The zero-order valence-electron chi connectivity index (χ0n) is 12.4. The summed E-state index contributed by atoms with van der Waals surface area (Å²) < 4.78 is 5.33. The number of carbonyl (C=O) groups excluding carboxylic acids is 1. The molecule has 1 saturated heterocycles. The Hall–Kier alpha value is -1.59. The van der Waals surface area contributed by atoms with E-state index in [0.29, 0.717) is 18.9 Å². The van der Waals surface area contributed by atoms with Gasteiger partial charge in [-0.15, -0.1) is 0 Å².